The summed E-state index contributed by atoms with van der Waals surface area (Å²) in [4.78, 5) is 13.6. The van der Waals surface area contributed by atoms with Crippen molar-refractivity contribution < 1.29 is 4.79 Å². The summed E-state index contributed by atoms with van der Waals surface area (Å²) in [5.74, 6) is 0.404. The zero-order chi connectivity index (χ0) is 11.5. The number of carbonyl (C=O) groups is 1. The first-order valence-corrected chi connectivity index (χ1v) is 6.18. The number of ketones is 1. The highest BCUT2D eigenvalue weighted by Gasteiger charge is 2.04. The average molecular weight is 214 g/mol. The molecule has 2 N–H and O–H groups in total. The predicted molar refractivity (Wildman–Crippen MR) is 64.9 cm³/mol. The molecule has 0 atom stereocenters. The first-order valence-electron chi connectivity index (χ1n) is 6.18. The summed E-state index contributed by atoms with van der Waals surface area (Å²) < 4.78 is 0. The van der Waals surface area contributed by atoms with Crippen LogP contribution in [-0.4, -0.2) is 36.9 Å². The van der Waals surface area contributed by atoms with Gasteiger partial charge in [-0.05, 0) is 32.4 Å². The summed E-state index contributed by atoms with van der Waals surface area (Å²) in [5, 5.41) is 0. The van der Waals surface area contributed by atoms with Crippen LogP contribution in [0.15, 0.2) is 0 Å². The summed E-state index contributed by atoms with van der Waals surface area (Å²) in [5.41, 5.74) is 5.53. The minimum Gasteiger partial charge on any atom is -0.329 e. The van der Waals surface area contributed by atoms with Gasteiger partial charge in [0.2, 0.25) is 0 Å². The van der Waals surface area contributed by atoms with E-state index in [9.17, 15) is 4.79 Å². The zero-order valence-electron chi connectivity index (χ0n) is 10.3. The van der Waals surface area contributed by atoms with E-state index in [1.54, 1.807) is 0 Å². The van der Waals surface area contributed by atoms with E-state index in [1.165, 1.54) is 0 Å². The van der Waals surface area contributed by atoms with Crippen molar-refractivity contribution in [3.05, 3.63) is 0 Å². The smallest absolute Gasteiger partial charge is 0.132 e. The van der Waals surface area contributed by atoms with Gasteiger partial charge in [0.1, 0.15) is 5.78 Å². The maximum atomic E-state index is 11.3. The first kappa shape index (κ1) is 14.6. The molecule has 0 heterocycles. The molecule has 0 fully saturated rings. The predicted octanol–water partition coefficient (Wildman–Crippen LogP) is 1.81. The highest BCUT2D eigenvalue weighted by atomic mass is 16.1. The normalized spacial score (nSPS) is 10.9. The second kappa shape index (κ2) is 10.1. The maximum Gasteiger partial charge on any atom is 0.132 e. The Bertz CT molecular complexity index is 154. The molecule has 0 aromatic carbocycles. The zero-order valence-corrected chi connectivity index (χ0v) is 10.3. The number of rotatable bonds is 10. The molecule has 0 aliphatic carbocycles. The Hall–Kier alpha value is -0.410. The molecule has 0 radical (unpaired) electrons. The minimum atomic E-state index is 0.404. The number of Topliss-reactive ketones (excluding diaryl/α,β-unsaturated/α-hetero) is 1. The van der Waals surface area contributed by atoms with Crippen molar-refractivity contribution in [1.29, 1.82) is 0 Å². The Labute approximate surface area is 94.0 Å². The maximum absolute atomic E-state index is 11.3. The van der Waals surface area contributed by atoms with Crippen molar-refractivity contribution in [2.75, 3.05) is 26.2 Å². The van der Waals surface area contributed by atoms with Gasteiger partial charge in [-0.15, -0.1) is 0 Å². The molecule has 0 aliphatic heterocycles. The molecule has 0 amide bonds. The monoisotopic (exact) mass is 214 g/mol. The van der Waals surface area contributed by atoms with Gasteiger partial charge in [-0.25, -0.2) is 0 Å². The lowest BCUT2D eigenvalue weighted by atomic mass is 10.1. The van der Waals surface area contributed by atoms with Gasteiger partial charge >= 0.3 is 0 Å². The molecule has 0 aliphatic rings. The fourth-order valence-electron chi connectivity index (χ4n) is 1.74. The Kier molecular flexibility index (Phi) is 9.84. The van der Waals surface area contributed by atoms with E-state index < -0.39 is 0 Å². The molecule has 3 heteroatoms. The van der Waals surface area contributed by atoms with Crippen molar-refractivity contribution in [3.63, 3.8) is 0 Å². The molecule has 3 nitrogen and oxygen atoms in total. The number of hydrogen-bond acceptors (Lipinski definition) is 3. The minimum absolute atomic E-state index is 0.404. The first-order chi connectivity index (χ1) is 7.24. The third-order valence-corrected chi connectivity index (χ3v) is 2.44. The Morgan fingerprint density at radius 3 is 2.33 bits per heavy atom. The Morgan fingerprint density at radius 2 is 1.80 bits per heavy atom. The van der Waals surface area contributed by atoms with E-state index in [1.807, 2.05) is 0 Å². The summed E-state index contributed by atoms with van der Waals surface area (Å²) in [6.07, 6.45) is 4.59. The summed E-state index contributed by atoms with van der Waals surface area (Å²) in [7, 11) is 0. The third kappa shape index (κ3) is 8.58. The van der Waals surface area contributed by atoms with Crippen LogP contribution in [0.2, 0.25) is 0 Å². The molecule has 90 valence electrons. The van der Waals surface area contributed by atoms with Crippen LogP contribution in [0.3, 0.4) is 0 Å². The molecule has 0 bridgehead atoms. The molecule has 0 aromatic rings. The van der Waals surface area contributed by atoms with Gasteiger partial charge in [0, 0.05) is 25.9 Å². The standard InChI is InChI=1S/C12H26N2O/c1-3-6-12(15)7-5-10-14(9-4-2)11-8-13/h3-11,13H2,1-2H3. The summed E-state index contributed by atoms with van der Waals surface area (Å²) in [6.45, 7) is 8.00. The van der Waals surface area contributed by atoms with Crippen LogP contribution in [0, 0.1) is 0 Å². The van der Waals surface area contributed by atoms with Crippen LogP contribution in [0.1, 0.15) is 46.0 Å². The topological polar surface area (TPSA) is 46.3 Å². The van der Waals surface area contributed by atoms with Gasteiger partial charge in [0.25, 0.3) is 0 Å². The van der Waals surface area contributed by atoms with Gasteiger partial charge in [-0.1, -0.05) is 13.8 Å². The van der Waals surface area contributed by atoms with Gasteiger partial charge in [0.05, 0.1) is 0 Å². The fraction of sp³-hybridized carbons (Fsp3) is 0.917. The second-order valence-electron chi connectivity index (χ2n) is 4.02. The SMILES string of the molecule is CCCC(=O)CCCN(CCC)CCN. The van der Waals surface area contributed by atoms with E-state index in [0.717, 1.165) is 51.7 Å². The number of carbonyl (C=O) groups excluding carboxylic acids is 1. The van der Waals surface area contributed by atoms with Crippen LogP contribution >= 0.6 is 0 Å². The van der Waals surface area contributed by atoms with Gasteiger partial charge in [-0.3, -0.25) is 4.79 Å². The molecule has 0 aromatic heterocycles. The summed E-state index contributed by atoms with van der Waals surface area (Å²) >= 11 is 0. The van der Waals surface area contributed by atoms with Gasteiger partial charge in [0.15, 0.2) is 0 Å². The van der Waals surface area contributed by atoms with Crippen LogP contribution in [0.5, 0.6) is 0 Å². The lowest BCUT2D eigenvalue weighted by Gasteiger charge is -2.20. The molecule has 0 saturated heterocycles. The fourth-order valence-corrected chi connectivity index (χ4v) is 1.74. The van der Waals surface area contributed by atoms with Crippen LogP contribution < -0.4 is 5.73 Å². The van der Waals surface area contributed by atoms with Crippen LogP contribution in [0.4, 0.5) is 0 Å². The second-order valence-corrected chi connectivity index (χ2v) is 4.02. The third-order valence-electron chi connectivity index (χ3n) is 2.44. The van der Waals surface area contributed by atoms with E-state index in [0.29, 0.717) is 12.3 Å². The Balaban J connectivity index is 3.55. The van der Waals surface area contributed by atoms with Gasteiger partial charge in [-0.2, -0.15) is 0 Å². The van der Waals surface area contributed by atoms with Crippen molar-refractivity contribution >= 4 is 5.78 Å². The number of nitrogens with two attached hydrogens (primary N) is 1. The molecule has 0 unspecified atom stereocenters. The average Bonchev–Trinajstić information content (AvgIpc) is 2.19. The highest BCUT2D eigenvalue weighted by molar-refractivity contribution is 5.78. The molecule has 15 heavy (non-hydrogen) atoms. The van der Waals surface area contributed by atoms with Gasteiger partial charge < -0.3 is 10.6 Å². The number of hydrogen-bond donors (Lipinski definition) is 1. The molecular weight excluding hydrogens is 188 g/mol. The molecule has 0 spiro atoms. The van der Waals surface area contributed by atoms with Crippen molar-refractivity contribution in [2.45, 2.75) is 46.0 Å². The lowest BCUT2D eigenvalue weighted by molar-refractivity contribution is -0.119. The van der Waals surface area contributed by atoms with Crippen molar-refractivity contribution in [2.24, 2.45) is 5.73 Å². The van der Waals surface area contributed by atoms with E-state index in [-0.39, 0.29) is 0 Å². The highest BCUT2D eigenvalue weighted by Crippen LogP contribution is 2.01. The van der Waals surface area contributed by atoms with Crippen LogP contribution in [0.25, 0.3) is 0 Å². The quantitative estimate of drug-likeness (QED) is 0.603. The van der Waals surface area contributed by atoms with E-state index in [2.05, 4.69) is 18.7 Å². The summed E-state index contributed by atoms with van der Waals surface area (Å²) in [6, 6.07) is 0. The van der Waals surface area contributed by atoms with E-state index >= 15 is 0 Å². The van der Waals surface area contributed by atoms with E-state index in [4.69, 9.17) is 5.73 Å². The largest absolute Gasteiger partial charge is 0.329 e. The van der Waals surface area contributed by atoms with Crippen molar-refractivity contribution in [1.82, 2.24) is 4.90 Å². The number of nitrogens with zero attached hydrogens (tertiary/aromatic N) is 1. The Morgan fingerprint density at radius 1 is 1.07 bits per heavy atom. The lowest BCUT2D eigenvalue weighted by Crippen LogP contribution is -2.31. The molecule has 0 saturated carbocycles. The van der Waals surface area contributed by atoms with Crippen LogP contribution in [-0.2, 0) is 4.79 Å². The van der Waals surface area contributed by atoms with Crippen molar-refractivity contribution in [3.8, 4) is 0 Å². The molecular formula is C12H26N2O. The molecule has 0 rings (SSSR count).